The van der Waals surface area contributed by atoms with Crippen LogP contribution < -0.4 is 43.0 Å². The summed E-state index contributed by atoms with van der Waals surface area (Å²) in [7, 11) is 2.99. The zero-order chi connectivity index (χ0) is 36.7. The molecule has 2 unspecified atom stereocenters. The summed E-state index contributed by atoms with van der Waals surface area (Å²) in [5, 5.41) is 5.65. The second-order valence-corrected chi connectivity index (χ2v) is 11.1. The maximum absolute atomic E-state index is 11.5. The molecule has 0 fully saturated rings. The van der Waals surface area contributed by atoms with E-state index >= 15 is 0 Å². The van der Waals surface area contributed by atoms with Gasteiger partial charge in [0.25, 0.3) is 0 Å². The molecule has 13 heteroatoms. The van der Waals surface area contributed by atoms with Crippen molar-refractivity contribution in [2.45, 2.75) is 39.3 Å². The number of benzene rings is 3. The van der Waals surface area contributed by atoms with Crippen molar-refractivity contribution in [3.63, 3.8) is 0 Å². The largest absolute Gasteiger partial charge is 0.495 e. The fourth-order valence-corrected chi connectivity index (χ4v) is 4.23. The number of aryl methyl sites for hydroxylation is 1. The molecule has 0 saturated heterocycles. The first-order chi connectivity index (χ1) is 23.2. The molecule has 2 amide bonds. The van der Waals surface area contributed by atoms with Gasteiger partial charge < -0.3 is 43.0 Å². The van der Waals surface area contributed by atoms with Crippen molar-refractivity contribution in [1.29, 1.82) is 0 Å². The van der Waals surface area contributed by atoms with E-state index in [-0.39, 0.29) is 11.6 Å². The summed E-state index contributed by atoms with van der Waals surface area (Å²) in [6.45, 7) is 4.53. The molecule has 49 heavy (non-hydrogen) atoms. The minimum Gasteiger partial charge on any atom is -0.495 e. The number of Topliss-reactive ketones (excluding diaryl/α,β-unsaturated/α-hetero) is 2. The summed E-state index contributed by atoms with van der Waals surface area (Å²) >= 11 is 6.09. The van der Waals surface area contributed by atoms with Gasteiger partial charge in [-0.3, -0.25) is 19.2 Å². The predicted molar refractivity (Wildman–Crippen MR) is 195 cm³/mol. The lowest BCUT2D eigenvalue weighted by Crippen LogP contribution is -2.41. The van der Waals surface area contributed by atoms with Gasteiger partial charge in [-0.2, -0.15) is 0 Å². The number of hydrogen-bond donors (Lipinski definition) is 6. The molecule has 3 aromatic carbocycles. The van der Waals surface area contributed by atoms with Gasteiger partial charge in [-0.1, -0.05) is 54.1 Å². The average molecular weight is 691 g/mol. The second kappa shape index (κ2) is 19.4. The van der Waals surface area contributed by atoms with Crippen LogP contribution in [0.1, 0.15) is 31.4 Å². The van der Waals surface area contributed by atoms with E-state index in [1.807, 2.05) is 31.2 Å². The monoisotopic (exact) mass is 690 g/mol. The Morgan fingerprint density at radius 1 is 0.755 bits per heavy atom. The number of amides is 2. The van der Waals surface area contributed by atoms with Crippen LogP contribution in [0.4, 0.5) is 17.1 Å². The van der Waals surface area contributed by atoms with Gasteiger partial charge in [0, 0.05) is 11.4 Å². The highest BCUT2D eigenvalue weighted by atomic mass is 35.5. The second-order valence-electron chi connectivity index (χ2n) is 10.7. The topological polar surface area (TPSA) is 215 Å². The minimum atomic E-state index is -1.15. The number of nitrogens with two attached hydrogens (primary N) is 4. The number of rotatable bonds is 9. The molecular formula is C36H43ClN6O6. The van der Waals surface area contributed by atoms with Gasteiger partial charge in [0.15, 0.2) is 11.6 Å². The number of halogens is 1. The lowest BCUT2D eigenvalue weighted by Gasteiger charge is -2.12. The van der Waals surface area contributed by atoms with Crippen LogP contribution in [0.15, 0.2) is 95.7 Å². The van der Waals surface area contributed by atoms with E-state index in [1.54, 1.807) is 48.5 Å². The van der Waals surface area contributed by atoms with Crippen LogP contribution in [0.2, 0.25) is 0 Å². The molecule has 0 spiro atoms. The predicted octanol–water partition coefficient (Wildman–Crippen LogP) is 4.43. The molecule has 3 aromatic rings. The molecule has 10 N–H and O–H groups in total. The van der Waals surface area contributed by atoms with Gasteiger partial charge in [-0.15, -0.1) is 0 Å². The minimum absolute atomic E-state index is 0.382. The summed E-state index contributed by atoms with van der Waals surface area (Å²) < 4.78 is 10.1. The lowest BCUT2D eigenvalue weighted by atomic mass is 10.0. The first-order valence-corrected chi connectivity index (χ1v) is 15.4. The SMILES string of the molecule is COc1ccccc1NC(=O)C(N)C(C)=O.COc1ccccc1NC(=O)C(N)C(C)=O.Cc1cc(C2=CCC=C(N)C(Cl)=C2)ccc1N. The number of nitrogens with one attached hydrogen (secondary N) is 2. The lowest BCUT2D eigenvalue weighted by molar-refractivity contribution is -0.127. The van der Waals surface area contributed by atoms with Gasteiger partial charge in [0.05, 0.1) is 30.6 Å². The number of para-hydroxylation sites is 4. The molecule has 0 saturated carbocycles. The third-order valence-electron chi connectivity index (χ3n) is 7.01. The molecule has 1 aliphatic rings. The smallest absolute Gasteiger partial charge is 0.249 e. The van der Waals surface area contributed by atoms with Crippen molar-refractivity contribution in [3.05, 3.63) is 107 Å². The number of ketones is 2. The Balaban J connectivity index is 0.000000255. The number of carbonyl (C=O) groups excluding carboxylic acids is 4. The Morgan fingerprint density at radius 2 is 1.22 bits per heavy atom. The highest BCUT2D eigenvalue weighted by molar-refractivity contribution is 6.32. The van der Waals surface area contributed by atoms with Crippen LogP contribution in [0, 0.1) is 6.92 Å². The first kappa shape index (κ1) is 39.7. The van der Waals surface area contributed by atoms with E-state index < -0.39 is 23.9 Å². The van der Waals surface area contributed by atoms with Gasteiger partial charge in [0.2, 0.25) is 11.8 Å². The van der Waals surface area contributed by atoms with Crippen LogP contribution >= 0.6 is 11.6 Å². The third-order valence-corrected chi connectivity index (χ3v) is 7.33. The summed E-state index contributed by atoms with van der Waals surface area (Å²) in [5.41, 5.74) is 28.1. The number of allylic oxidation sites excluding steroid dienone is 5. The highest BCUT2D eigenvalue weighted by Gasteiger charge is 2.20. The van der Waals surface area contributed by atoms with E-state index in [1.165, 1.54) is 28.1 Å². The molecular weight excluding hydrogens is 648 g/mol. The van der Waals surface area contributed by atoms with E-state index in [0.717, 1.165) is 28.8 Å². The van der Waals surface area contributed by atoms with Crippen molar-refractivity contribution in [2.75, 3.05) is 30.6 Å². The van der Waals surface area contributed by atoms with Gasteiger partial charge >= 0.3 is 0 Å². The Labute approximate surface area is 291 Å². The molecule has 4 rings (SSSR count). The van der Waals surface area contributed by atoms with Gasteiger partial charge in [-0.05, 0) is 86.4 Å². The number of hydrogen-bond acceptors (Lipinski definition) is 10. The van der Waals surface area contributed by atoms with Crippen molar-refractivity contribution in [3.8, 4) is 11.5 Å². The highest BCUT2D eigenvalue weighted by Crippen LogP contribution is 2.27. The molecule has 260 valence electrons. The molecule has 12 nitrogen and oxygen atoms in total. The molecule has 0 aromatic heterocycles. The normalized spacial score (nSPS) is 13.1. The Hall–Kier alpha value is -5.43. The zero-order valence-electron chi connectivity index (χ0n) is 28.1. The van der Waals surface area contributed by atoms with E-state index in [9.17, 15) is 19.2 Å². The number of nitrogen functional groups attached to an aromatic ring is 1. The molecule has 0 heterocycles. The van der Waals surface area contributed by atoms with Crippen molar-refractivity contribution in [1.82, 2.24) is 0 Å². The first-order valence-electron chi connectivity index (χ1n) is 15.0. The van der Waals surface area contributed by atoms with Gasteiger partial charge in [-0.25, -0.2) is 0 Å². The number of methoxy groups -OCH3 is 2. The molecule has 0 bridgehead atoms. The van der Waals surface area contributed by atoms with Crippen LogP contribution in [0.5, 0.6) is 11.5 Å². The van der Waals surface area contributed by atoms with Crippen molar-refractivity contribution >= 4 is 57.6 Å². The van der Waals surface area contributed by atoms with Gasteiger partial charge in [0.1, 0.15) is 23.6 Å². The zero-order valence-corrected chi connectivity index (χ0v) is 28.8. The quantitative estimate of drug-likeness (QED) is 0.137. The number of carbonyl (C=O) groups is 4. The Bertz CT molecular complexity index is 1680. The van der Waals surface area contributed by atoms with Crippen molar-refractivity contribution in [2.24, 2.45) is 17.2 Å². The Morgan fingerprint density at radius 3 is 1.65 bits per heavy atom. The van der Waals surface area contributed by atoms with E-state index in [0.29, 0.717) is 33.6 Å². The fourth-order valence-electron chi connectivity index (χ4n) is 4.03. The number of anilines is 3. The summed E-state index contributed by atoms with van der Waals surface area (Å²) in [6.07, 6.45) is 6.70. The van der Waals surface area contributed by atoms with Crippen LogP contribution in [-0.2, 0) is 19.2 Å². The third kappa shape index (κ3) is 12.3. The van der Waals surface area contributed by atoms with E-state index in [4.69, 9.17) is 44.0 Å². The van der Waals surface area contributed by atoms with Crippen LogP contribution in [0.3, 0.4) is 0 Å². The molecule has 2 atom stereocenters. The van der Waals surface area contributed by atoms with Crippen LogP contribution in [0.25, 0.3) is 5.57 Å². The molecule has 0 aliphatic heterocycles. The average Bonchev–Trinajstić information content (AvgIpc) is 3.25. The van der Waals surface area contributed by atoms with Crippen molar-refractivity contribution < 1.29 is 28.7 Å². The maximum atomic E-state index is 11.5. The Kier molecular flexibility index (Phi) is 15.7. The molecule has 0 radical (unpaired) electrons. The standard InChI is InChI=1S/C14H15ClN2.2C11H14N2O3/c1-9-7-11(5-6-13(9)16)10-3-2-4-14(17)12(15)8-10;2*1-7(14)10(12)11(15)13-8-5-3-4-6-9(8)16-2/h3-8H,2,16-17H2,1H3;2*3-6,10H,12H2,1-2H3,(H,13,15). The van der Waals surface area contributed by atoms with Crippen LogP contribution in [-0.4, -0.2) is 49.7 Å². The summed E-state index contributed by atoms with van der Waals surface area (Å²) in [5.74, 6) is -0.813. The van der Waals surface area contributed by atoms with E-state index in [2.05, 4.69) is 22.8 Å². The fraction of sp³-hybridized carbons (Fsp3) is 0.222. The maximum Gasteiger partial charge on any atom is 0.249 e. The molecule has 1 aliphatic carbocycles. The summed E-state index contributed by atoms with van der Waals surface area (Å²) in [4.78, 5) is 44.8. The summed E-state index contributed by atoms with van der Waals surface area (Å²) in [6, 6.07) is 17.5. The number of ether oxygens (including phenoxy) is 2.